The van der Waals surface area contributed by atoms with Crippen molar-refractivity contribution in [1.82, 2.24) is 0 Å². The summed E-state index contributed by atoms with van der Waals surface area (Å²) in [5.74, 6) is -0.0339. The fraction of sp³-hybridized carbons (Fsp3) is 0.0769. The standard InChI is InChI=1S/C13H11BF3O2/c15-14(16,17)11-6-2-4-8-13(11)19-12-7-3-1-5-10(12)9-18/h1-8,18H,9H2/q-1. The van der Waals surface area contributed by atoms with E-state index in [2.05, 4.69) is 0 Å². The monoisotopic (exact) mass is 267 g/mol. The predicted octanol–water partition coefficient (Wildman–Crippen LogP) is 3.03. The van der Waals surface area contributed by atoms with Crippen LogP contribution in [0.25, 0.3) is 0 Å². The van der Waals surface area contributed by atoms with E-state index < -0.39 is 12.4 Å². The summed E-state index contributed by atoms with van der Waals surface area (Å²) in [4.78, 5) is 0. The van der Waals surface area contributed by atoms with Gasteiger partial charge >= 0.3 is 6.98 Å². The van der Waals surface area contributed by atoms with E-state index in [0.29, 0.717) is 5.56 Å². The molecule has 19 heavy (non-hydrogen) atoms. The SMILES string of the molecule is OCc1ccccc1Oc1ccccc1[B-](F)(F)F. The molecule has 2 aromatic rings. The normalized spacial score (nSPS) is 11.4. The van der Waals surface area contributed by atoms with Crippen molar-refractivity contribution < 1.29 is 22.8 Å². The van der Waals surface area contributed by atoms with Crippen LogP contribution in [0.2, 0.25) is 0 Å². The van der Waals surface area contributed by atoms with Gasteiger partial charge in [0, 0.05) is 5.56 Å². The molecule has 0 saturated heterocycles. The summed E-state index contributed by atoms with van der Waals surface area (Å²) >= 11 is 0. The van der Waals surface area contributed by atoms with Crippen LogP contribution >= 0.6 is 0 Å². The molecular weight excluding hydrogens is 256 g/mol. The molecule has 0 bridgehead atoms. The molecule has 0 heterocycles. The minimum Gasteiger partial charge on any atom is -0.460 e. The minimum atomic E-state index is -5.14. The molecule has 2 nitrogen and oxygen atoms in total. The van der Waals surface area contributed by atoms with Gasteiger partial charge in [0.2, 0.25) is 0 Å². The topological polar surface area (TPSA) is 29.5 Å². The maximum atomic E-state index is 12.9. The van der Waals surface area contributed by atoms with Crippen molar-refractivity contribution in [3.05, 3.63) is 54.1 Å². The Bertz CT molecular complexity index is 570. The third kappa shape index (κ3) is 3.09. The van der Waals surface area contributed by atoms with Crippen LogP contribution in [0.15, 0.2) is 48.5 Å². The Kier molecular flexibility index (Phi) is 3.80. The molecule has 0 atom stereocenters. The lowest BCUT2D eigenvalue weighted by Gasteiger charge is -2.20. The van der Waals surface area contributed by atoms with Gasteiger partial charge in [-0.3, -0.25) is 0 Å². The van der Waals surface area contributed by atoms with Crippen molar-refractivity contribution in [2.24, 2.45) is 0 Å². The summed E-state index contributed by atoms with van der Waals surface area (Å²) in [5, 5.41) is 9.13. The van der Waals surface area contributed by atoms with Crippen LogP contribution in [0.5, 0.6) is 11.5 Å². The number of ether oxygens (including phenoxy) is 1. The van der Waals surface area contributed by atoms with Gasteiger partial charge in [-0.15, -0.1) is 0 Å². The first-order valence-electron chi connectivity index (χ1n) is 5.68. The highest BCUT2D eigenvalue weighted by molar-refractivity contribution is 6.74. The van der Waals surface area contributed by atoms with Crippen LogP contribution < -0.4 is 10.2 Å². The lowest BCUT2D eigenvalue weighted by Crippen LogP contribution is -2.34. The van der Waals surface area contributed by atoms with E-state index in [1.165, 1.54) is 24.3 Å². The van der Waals surface area contributed by atoms with Gasteiger partial charge in [0.25, 0.3) is 0 Å². The highest BCUT2D eigenvalue weighted by atomic mass is 19.4. The maximum Gasteiger partial charge on any atom is 0.513 e. The Balaban J connectivity index is 2.39. The quantitative estimate of drug-likeness (QED) is 0.863. The molecule has 0 radical (unpaired) electrons. The molecular formula is C13H11BF3O2-. The van der Waals surface area contributed by atoms with Crippen molar-refractivity contribution in [2.75, 3.05) is 0 Å². The van der Waals surface area contributed by atoms with Crippen molar-refractivity contribution in [1.29, 1.82) is 0 Å². The molecule has 1 N–H and O–H groups in total. The van der Waals surface area contributed by atoms with Crippen LogP contribution in [0, 0.1) is 0 Å². The number of aliphatic hydroxyl groups excluding tert-OH is 1. The van der Waals surface area contributed by atoms with E-state index in [0.717, 1.165) is 6.07 Å². The summed E-state index contributed by atoms with van der Waals surface area (Å²) in [6, 6.07) is 11.5. The van der Waals surface area contributed by atoms with Crippen molar-refractivity contribution >= 4 is 12.4 Å². The Morgan fingerprint density at radius 1 is 0.895 bits per heavy atom. The number of rotatable bonds is 4. The summed E-state index contributed by atoms with van der Waals surface area (Å²) in [6.45, 7) is -5.44. The molecule has 0 aliphatic carbocycles. The lowest BCUT2D eigenvalue weighted by atomic mass is 9.79. The van der Waals surface area contributed by atoms with Gasteiger partial charge in [0.15, 0.2) is 0 Å². The number of halogens is 3. The molecule has 0 saturated carbocycles. The zero-order valence-electron chi connectivity index (χ0n) is 9.89. The zero-order valence-corrected chi connectivity index (χ0v) is 9.89. The van der Waals surface area contributed by atoms with Crippen LogP contribution in [0.4, 0.5) is 12.9 Å². The van der Waals surface area contributed by atoms with Gasteiger partial charge in [-0.2, -0.15) is 0 Å². The molecule has 0 unspecified atom stereocenters. The number of hydrogen-bond donors (Lipinski definition) is 1. The van der Waals surface area contributed by atoms with Gasteiger partial charge in [-0.25, -0.2) is 0 Å². The average molecular weight is 267 g/mol. The third-order valence-electron chi connectivity index (χ3n) is 2.63. The van der Waals surface area contributed by atoms with E-state index in [4.69, 9.17) is 9.84 Å². The molecule has 0 fully saturated rings. The third-order valence-corrected chi connectivity index (χ3v) is 2.63. The van der Waals surface area contributed by atoms with Gasteiger partial charge in [0.1, 0.15) is 11.5 Å². The molecule has 2 rings (SSSR count). The van der Waals surface area contributed by atoms with Crippen LogP contribution in [0.3, 0.4) is 0 Å². The molecule has 0 aromatic heterocycles. The van der Waals surface area contributed by atoms with Gasteiger partial charge in [-0.1, -0.05) is 41.9 Å². The van der Waals surface area contributed by atoms with E-state index >= 15 is 0 Å². The Morgan fingerprint density at radius 3 is 2.11 bits per heavy atom. The molecule has 0 aliphatic rings. The number of para-hydroxylation sites is 2. The molecule has 0 aliphatic heterocycles. The molecule has 6 heteroatoms. The predicted molar refractivity (Wildman–Crippen MR) is 67.6 cm³/mol. The second-order valence-corrected chi connectivity index (χ2v) is 3.98. The highest BCUT2D eigenvalue weighted by Gasteiger charge is 2.29. The fourth-order valence-electron chi connectivity index (χ4n) is 1.70. The number of hydrogen-bond acceptors (Lipinski definition) is 2. The van der Waals surface area contributed by atoms with E-state index in [1.54, 1.807) is 18.2 Å². The van der Waals surface area contributed by atoms with Crippen molar-refractivity contribution in [3.63, 3.8) is 0 Å². The summed E-state index contributed by atoms with van der Waals surface area (Å²) in [6.07, 6.45) is 0. The first kappa shape index (κ1) is 13.5. The zero-order chi connectivity index (χ0) is 13.9. The van der Waals surface area contributed by atoms with Gasteiger partial charge in [0.05, 0.1) is 6.61 Å². The van der Waals surface area contributed by atoms with Gasteiger partial charge in [-0.05, 0) is 12.1 Å². The molecule has 0 amide bonds. The van der Waals surface area contributed by atoms with E-state index in [-0.39, 0.29) is 18.1 Å². The highest BCUT2D eigenvalue weighted by Crippen LogP contribution is 2.26. The van der Waals surface area contributed by atoms with E-state index in [9.17, 15) is 12.9 Å². The van der Waals surface area contributed by atoms with Crippen LogP contribution in [-0.4, -0.2) is 12.1 Å². The first-order valence-corrected chi connectivity index (χ1v) is 5.68. The van der Waals surface area contributed by atoms with Crippen LogP contribution in [-0.2, 0) is 6.61 Å². The molecule has 2 aromatic carbocycles. The fourth-order valence-corrected chi connectivity index (χ4v) is 1.70. The van der Waals surface area contributed by atoms with E-state index in [1.807, 2.05) is 0 Å². The summed E-state index contributed by atoms with van der Waals surface area (Å²) in [7, 11) is 0. The Morgan fingerprint density at radius 2 is 1.47 bits per heavy atom. The summed E-state index contributed by atoms with van der Waals surface area (Å²) in [5.41, 5.74) is -0.345. The second kappa shape index (κ2) is 5.36. The second-order valence-electron chi connectivity index (χ2n) is 3.98. The number of benzene rings is 2. The van der Waals surface area contributed by atoms with Crippen molar-refractivity contribution in [2.45, 2.75) is 6.61 Å². The Hall–Kier alpha value is -1.95. The first-order chi connectivity index (χ1) is 9.02. The van der Waals surface area contributed by atoms with Gasteiger partial charge < -0.3 is 22.8 Å². The number of aliphatic hydroxyl groups is 1. The van der Waals surface area contributed by atoms with Crippen molar-refractivity contribution in [3.8, 4) is 11.5 Å². The molecule has 100 valence electrons. The minimum absolute atomic E-state index is 0.220. The summed E-state index contributed by atoms with van der Waals surface area (Å²) < 4.78 is 43.9. The molecule has 0 spiro atoms. The smallest absolute Gasteiger partial charge is 0.460 e. The average Bonchev–Trinajstić information content (AvgIpc) is 2.39. The lowest BCUT2D eigenvalue weighted by molar-refractivity contribution is 0.276. The van der Waals surface area contributed by atoms with Crippen LogP contribution in [0.1, 0.15) is 5.56 Å². The Labute approximate surface area is 108 Å². The largest absolute Gasteiger partial charge is 0.513 e. The maximum absolute atomic E-state index is 12.9.